The first-order valence-electron chi connectivity index (χ1n) is 12.4. The quantitative estimate of drug-likeness (QED) is 0.157. The molecule has 4 aliphatic rings. The molecule has 0 bridgehead atoms. The van der Waals surface area contributed by atoms with Crippen LogP contribution in [0.1, 0.15) is 36.8 Å². The second-order valence-corrected chi connectivity index (χ2v) is 12.1. The van der Waals surface area contributed by atoms with E-state index >= 15 is 0 Å². The summed E-state index contributed by atoms with van der Waals surface area (Å²) in [6.45, 7) is 4.36. The molecule has 5 amide bonds. The first-order chi connectivity index (χ1) is 18.1. The third-order valence-electron chi connectivity index (χ3n) is 7.57. The lowest BCUT2D eigenvalue weighted by Crippen LogP contribution is -2.57. The van der Waals surface area contributed by atoms with Crippen molar-refractivity contribution < 1.29 is 32.3 Å². The van der Waals surface area contributed by atoms with E-state index in [1.54, 1.807) is 0 Å². The molecule has 2 aliphatic carbocycles. The second-order valence-electron chi connectivity index (χ2n) is 10.2. The number of nitrogens with zero attached hydrogens (tertiary/aromatic N) is 2. The molecular formula is C24H30N6O7S. The van der Waals surface area contributed by atoms with Gasteiger partial charge in [0.05, 0.1) is 11.8 Å². The van der Waals surface area contributed by atoms with E-state index in [1.807, 2.05) is 29.7 Å². The Balaban J connectivity index is 1.26. The number of hydrazine groups is 1. The van der Waals surface area contributed by atoms with Crippen LogP contribution in [0.25, 0.3) is 0 Å². The highest BCUT2D eigenvalue weighted by atomic mass is 32.2. The molecule has 1 aromatic carbocycles. The van der Waals surface area contributed by atoms with Crippen LogP contribution in [0, 0.1) is 5.92 Å². The van der Waals surface area contributed by atoms with E-state index in [9.17, 15) is 27.6 Å². The lowest BCUT2D eigenvalue weighted by atomic mass is 10.1. The number of benzene rings is 1. The third-order valence-corrected chi connectivity index (χ3v) is 9.38. The van der Waals surface area contributed by atoms with E-state index in [2.05, 4.69) is 16.6 Å². The Hall–Kier alpha value is -3.65. The number of hydrogen-bond donors (Lipinski definition) is 4. The largest absolute Gasteiger partial charge is 0.444 e. The van der Waals surface area contributed by atoms with Gasteiger partial charge in [-0.25, -0.2) is 23.8 Å². The molecule has 2 saturated carbocycles. The summed E-state index contributed by atoms with van der Waals surface area (Å²) in [7, 11) is -3.83. The Morgan fingerprint density at radius 3 is 2.34 bits per heavy atom. The highest BCUT2D eigenvalue weighted by Crippen LogP contribution is 2.45. The average Bonchev–Trinajstić information content (AvgIpc) is 3.78. The van der Waals surface area contributed by atoms with E-state index in [0.717, 1.165) is 16.0 Å². The van der Waals surface area contributed by atoms with Gasteiger partial charge in [-0.2, -0.15) is 0 Å². The van der Waals surface area contributed by atoms with Crippen LogP contribution in [0.15, 0.2) is 36.9 Å². The zero-order valence-corrected chi connectivity index (χ0v) is 21.4. The fourth-order valence-electron chi connectivity index (χ4n) is 5.14. The number of sulfonamides is 1. The molecule has 2 unspecified atom stereocenters. The predicted octanol–water partition coefficient (Wildman–Crippen LogP) is -0.166. The number of nitrogens with two attached hydrogens (primary N) is 1. The predicted molar refractivity (Wildman–Crippen MR) is 133 cm³/mol. The molecule has 5 rings (SSSR count). The van der Waals surface area contributed by atoms with Gasteiger partial charge in [-0.3, -0.25) is 24.6 Å². The van der Waals surface area contributed by atoms with Crippen LogP contribution in [0.5, 0.6) is 0 Å². The monoisotopic (exact) mass is 546 g/mol. The Morgan fingerprint density at radius 1 is 1.13 bits per heavy atom. The van der Waals surface area contributed by atoms with Crippen LogP contribution in [0.3, 0.4) is 0 Å². The molecule has 4 atom stereocenters. The molecule has 1 aromatic rings. The van der Waals surface area contributed by atoms with Gasteiger partial charge in [0.15, 0.2) is 0 Å². The summed E-state index contributed by atoms with van der Waals surface area (Å²) in [6, 6.07) is 5.78. The molecule has 2 aliphatic heterocycles. The lowest BCUT2D eigenvalue weighted by Gasteiger charge is -2.25. The van der Waals surface area contributed by atoms with Gasteiger partial charge in [-0.05, 0) is 30.4 Å². The van der Waals surface area contributed by atoms with Crippen LogP contribution in [-0.2, 0) is 37.4 Å². The van der Waals surface area contributed by atoms with Crippen molar-refractivity contribution in [2.24, 2.45) is 11.8 Å². The van der Waals surface area contributed by atoms with Crippen molar-refractivity contribution in [2.45, 2.75) is 61.7 Å². The maximum atomic E-state index is 13.4. The first-order valence-corrected chi connectivity index (χ1v) is 13.9. The fourth-order valence-corrected chi connectivity index (χ4v) is 6.50. The summed E-state index contributed by atoms with van der Waals surface area (Å²) in [5.41, 5.74) is 2.53. The number of carbonyl (C=O) groups excluding carboxylic acids is 4. The van der Waals surface area contributed by atoms with Crippen molar-refractivity contribution in [1.82, 2.24) is 25.3 Å². The number of hydrogen-bond acceptors (Lipinski definition) is 8. The molecular weight excluding hydrogens is 516 g/mol. The van der Waals surface area contributed by atoms with Crippen molar-refractivity contribution in [1.29, 1.82) is 0 Å². The number of ether oxygens (including phenoxy) is 1. The zero-order chi connectivity index (χ0) is 27.2. The highest BCUT2D eigenvalue weighted by molar-refractivity contribution is 7.91. The molecule has 14 heteroatoms. The molecule has 0 aromatic heterocycles. The van der Waals surface area contributed by atoms with Gasteiger partial charge in [0.25, 0.3) is 5.91 Å². The molecule has 13 nitrogen and oxygen atoms in total. The van der Waals surface area contributed by atoms with E-state index in [4.69, 9.17) is 10.6 Å². The lowest BCUT2D eigenvalue weighted by molar-refractivity contribution is -0.131. The summed E-state index contributed by atoms with van der Waals surface area (Å²) >= 11 is 0. The zero-order valence-electron chi connectivity index (χ0n) is 20.6. The van der Waals surface area contributed by atoms with E-state index in [1.165, 1.54) is 11.0 Å². The number of nitrogens with one attached hydrogen (secondary N) is 3. The van der Waals surface area contributed by atoms with Gasteiger partial charge in [0.2, 0.25) is 15.9 Å². The smallest absolute Gasteiger partial charge is 0.410 e. The Morgan fingerprint density at radius 2 is 1.79 bits per heavy atom. The van der Waals surface area contributed by atoms with Gasteiger partial charge in [0.1, 0.15) is 17.7 Å². The average molecular weight is 547 g/mol. The highest BCUT2D eigenvalue weighted by Gasteiger charge is 2.62. The van der Waals surface area contributed by atoms with Crippen molar-refractivity contribution in [3.05, 3.63) is 48.0 Å². The molecule has 0 radical (unpaired) electrons. The van der Waals surface area contributed by atoms with Crippen molar-refractivity contribution in [3.63, 3.8) is 0 Å². The topological polar surface area (TPSA) is 180 Å². The van der Waals surface area contributed by atoms with Gasteiger partial charge in [-0.15, -0.1) is 6.58 Å². The number of fused-ring (bicyclic) bond motifs is 1. The fraction of sp³-hybridized carbons (Fsp3) is 0.500. The minimum Gasteiger partial charge on any atom is -0.444 e. The number of amides is 5. The van der Waals surface area contributed by atoms with Crippen LogP contribution in [0.4, 0.5) is 9.59 Å². The minimum absolute atomic E-state index is 0.0252. The molecule has 2 heterocycles. The van der Waals surface area contributed by atoms with E-state index in [0.29, 0.717) is 25.9 Å². The van der Waals surface area contributed by atoms with Crippen molar-refractivity contribution in [3.8, 4) is 0 Å². The Labute approximate surface area is 219 Å². The van der Waals surface area contributed by atoms with Gasteiger partial charge in [0, 0.05) is 25.4 Å². The Bertz CT molecular complexity index is 1270. The summed E-state index contributed by atoms with van der Waals surface area (Å²) in [5, 5.41) is 2.03. The minimum atomic E-state index is -3.83. The molecule has 38 heavy (non-hydrogen) atoms. The van der Waals surface area contributed by atoms with E-state index < -0.39 is 62.8 Å². The summed E-state index contributed by atoms with van der Waals surface area (Å²) < 4.78 is 32.4. The number of likely N-dealkylation sites (tertiary alicyclic amines) is 1. The van der Waals surface area contributed by atoms with Crippen molar-refractivity contribution >= 4 is 34.0 Å². The van der Waals surface area contributed by atoms with E-state index in [-0.39, 0.29) is 19.4 Å². The number of urea groups is 1. The van der Waals surface area contributed by atoms with Crippen LogP contribution in [-0.4, -0.2) is 71.6 Å². The Kier molecular flexibility index (Phi) is 6.55. The molecule has 0 spiro atoms. The van der Waals surface area contributed by atoms with Crippen LogP contribution >= 0.6 is 0 Å². The van der Waals surface area contributed by atoms with Crippen molar-refractivity contribution in [2.75, 3.05) is 6.54 Å². The normalized spacial score (nSPS) is 27.8. The van der Waals surface area contributed by atoms with Gasteiger partial charge in [-0.1, -0.05) is 30.3 Å². The molecule has 5 N–H and O–H groups in total. The van der Waals surface area contributed by atoms with Crippen LogP contribution < -0.4 is 21.3 Å². The number of rotatable bonds is 7. The van der Waals surface area contributed by atoms with Crippen LogP contribution in [0.2, 0.25) is 0 Å². The van der Waals surface area contributed by atoms with Gasteiger partial charge >= 0.3 is 12.1 Å². The summed E-state index contributed by atoms with van der Waals surface area (Å²) in [4.78, 5) is 54.3. The summed E-state index contributed by atoms with van der Waals surface area (Å²) in [6.07, 6.45) is 1.19. The molecule has 3 fully saturated rings. The molecule has 1 saturated heterocycles. The molecule has 204 valence electrons. The SMILES string of the molecule is C=C[C@@H]1CC1(NC(=O)[C@@H]1CC(OC(=O)N2Cc3ccccc3C2)CN1C(=O)NN)C(=O)NS(=O)(=O)C1CC1. The third kappa shape index (κ3) is 4.80. The number of carbonyl (C=O) groups is 4. The van der Waals surface area contributed by atoms with Gasteiger partial charge < -0.3 is 15.0 Å². The second kappa shape index (κ2) is 9.58. The maximum Gasteiger partial charge on any atom is 0.410 e. The first kappa shape index (κ1) is 26.0. The maximum absolute atomic E-state index is 13.4. The summed E-state index contributed by atoms with van der Waals surface area (Å²) in [5.74, 6) is 3.30. The standard InChI is InChI=1S/C24H30N6O7S/c1-2-16-10-24(16,21(32)28-38(35,36)18-7-8-18)26-20(31)19-9-17(13-30(19)22(33)27-25)37-23(34)29-11-14-5-3-4-6-15(14)12-29/h2-6,16-19H,1,7-13,25H2,(H,26,31)(H,27,33)(H,28,32)/t16-,17?,19+,24?/m1/s1.